The van der Waals surface area contributed by atoms with Gasteiger partial charge in [-0.1, -0.05) is 23.7 Å². The molecule has 1 atom stereocenters. The Kier molecular flexibility index (Phi) is 10.1. The summed E-state index contributed by atoms with van der Waals surface area (Å²) in [5.41, 5.74) is 2.17. The molecule has 2 fully saturated rings. The van der Waals surface area contributed by atoms with E-state index in [1.54, 1.807) is 25.3 Å². The summed E-state index contributed by atoms with van der Waals surface area (Å²) in [4.78, 5) is 32.9. The maximum atomic E-state index is 13.5. The number of aliphatic carboxylic acids is 1. The Morgan fingerprint density at radius 3 is 2.67 bits per heavy atom. The molecule has 2 aromatic rings. The molecule has 0 radical (unpaired) electrons. The van der Waals surface area contributed by atoms with Crippen molar-refractivity contribution in [3.63, 3.8) is 0 Å². The van der Waals surface area contributed by atoms with E-state index in [4.69, 9.17) is 26.1 Å². The number of methoxy groups -OCH3 is 1. The summed E-state index contributed by atoms with van der Waals surface area (Å²) < 4.78 is 11.6. The fraction of sp³-hybridized carbons (Fsp3) is 0.606. The molecular formula is C33H45ClN4O5. The standard InChI is InChI=1S/C33H45ClN4O5/c1-32(14-15-32)43-22-21-38(19-4-3-8-24-12-11-23-7-6-18-35-29(23)36-24)20-13-26(30(39)40)37-31(41)33(16-17-33)28-25(34)9-5-10-27(28)42-2/h5,9-12,26H,3-4,6-8,13-22H2,1-2H3,(H,35,36)(H,37,41)(H,39,40). The number of rotatable bonds is 17. The predicted octanol–water partition coefficient (Wildman–Crippen LogP) is 4.99. The number of amides is 1. The van der Waals surface area contributed by atoms with Gasteiger partial charge in [-0.3, -0.25) is 4.79 Å². The Balaban J connectivity index is 1.16. The minimum Gasteiger partial charge on any atom is -0.496 e. The van der Waals surface area contributed by atoms with Crippen molar-refractivity contribution in [2.75, 3.05) is 45.2 Å². The van der Waals surface area contributed by atoms with Crippen LogP contribution in [-0.2, 0) is 32.6 Å². The van der Waals surface area contributed by atoms with Crippen molar-refractivity contribution in [3.8, 4) is 5.75 Å². The molecule has 1 unspecified atom stereocenters. The van der Waals surface area contributed by atoms with Gasteiger partial charge < -0.3 is 30.1 Å². The van der Waals surface area contributed by atoms with Gasteiger partial charge in [-0.15, -0.1) is 0 Å². The molecule has 1 aromatic carbocycles. The van der Waals surface area contributed by atoms with Crippen LogP contribution in [0.1, 0.15) is 75.1 Å². The van der Waals surface area contributed by atoms with Gasteiger partial charge in [-0.2, -0.15) is 0 Å². The van der Waals surface area contributed by atoms with E-state index in [0.717, 1.165) is 76.1 Å². The van der Waals surface area contributed by atoms with Crippen molar-refractivity contribution in [1.82, 2.24) is 15.2 Å². The number of aryl methyl sites for hydroxylation is 2. The first-order valence-electron chi connectivity index (χ1n) is 15.7. The number of halogens is 1. The van der Waals surface area contributed by atoms with Crippen LogP contribution in [0.3, 0.4) is 0 Å². The highest BCUT2D eigenvalue weighted by molar-refractivity contribution is 6.32. The number of unbranched alkanes of at least 4 members (excludes halogenated alkanes) is 1. The highest BCUT2D eigenvalue weighted by atomic mass is 35.5. The number of hydrogen-bond acceptors (Lipinski definition) is 7. The molecule has 43 heavy (non-hydrogen) atoms. The van der Waals surface area contributed by atoms with Gasteiger partial charge >= 0.3 is 5.97 Å². The summed E-state index contributed by atoms with van der Waals surface area (Å²) in [7, 11) is 1.55. The monoisotopic (exact) mass is 612 g/mol. The number of nitrogens with one attached hydrogen (secondary N) is 2. The minimum absolute atomic E-state index is 0.00620. The van der Waals surface area contributed by atoms with Gasteiger partial charge in [0.15, 0.2) is 0 Å². The SMILES string of the molecule is COc1cccc(Cl)c1C1(C(=O)NC(CCN(CCCCc2ccc3c(n2)NCCC3)CCOC2(C)CC2)C(=O)O)CC1. The molecule has 1 aromatic heterocycles. The van der Waals surface area contributed by atoms with Crippen LogP contribution in [0, 0.1) is 0 Å². The third-order valence-electron chi connectivity index (χ3n) is 9.12. The second-order valence-electron chi connectivity index (χ2n) is 12.5. The molecule has 10 heteroatoms. The molecule has 3 aliphatic rings. The molecule has 2 saturated carbocycles. The number of carbonyl (C=O) groups excluding carboxylic acids is 1. The van der Waals surface area contributed by atoms with Crippen LogP contribution in [0.15, 0.2) is 30.3 Å². The molecular weight excluding hydrogens is 568 g/mol. The van der Waals surface area contributed by atoms with E-state index in [9.17, 15) is 14.7 Å². The van der Waals surface area contributed by atoms with Gasteiger partial charge in [0, 0.05) is 35.9 Å². The van der Waals surface area contributed by atoms with Gasteiger partial charge in [-0.05, 0) is 101 Å². The summed E-state index contributed by atoms with van der Waals surface area (Å²) in [6.07, 6.45) is 8.75. The van der Waals surface area contributed by atoms with Crippen molar-refractivity contribution in [1.29, 1.82) is 0 Å². The second kappa shape index (κ2) is 13.8. The third kappa shape index (κ3) is 7.99. The van der Waals surface area contributed by atoms with Crippen molar-refractivity contribution >= 4 is 29.3 Å². The van der Waals surface area contributed by atoms with Crippen molar-refractivity contribution in [2.45, 2.75) is 88.2 Å². The average Bonchev–Trinajstić information content (AvgIpc) is 3.94. The third-order valence-corrected chi connectivity index (χ3v) is 9.43. The summed E-state index contributed by atoms with van der Waals surface area (Å²) in [5.74, 6) is 0.224. The number of anilines is 1. The molecule has 3 N–H and O–H groups in total. The summed E-state index contributed by atoms with van der Waals surface area (Å²) >= 11 is 6.49. The summed E-state index contributed by atoms with van der Waals surface area (Å²) in [6, 6.07) is 8.63. The number of carboxylic acids is 1. The highest BCUT2D eigenvalue weighted by Gasteiger charge is 2.54. The summed E-state index contributed by atoms with van der Waals surface area (Å²) in [5, 5.41) is 16.7. The number of carboxylic acid groups (broad SMARTS) is 1. The Bertz CT molecular complexity index is 1300. The number of benzene rings is 1. The zero-order valence-electron chi connectivity index (χ0n) is 25.4. The maximum absolute atomic E-state index is 13.5. The fourth-order valence-electron chi connectivity index (χ4n) is 5.95. The lowest BCUT2D eigenvalue weighted by Gasteiger charge is -2.26. The van der Waals surface area contributed by atoms with Crippen LogP contribution in [0.4, 0.5) is 5.82 Å². The number of fused-ring (bicyclic) bond motifs is 1. The number of carbonyl (C=O) groups is 2. The van der Waals surface area contributed by atoms with Crippen LogP contribution in [0.5, 0.6) is 5.75 Å². The van der Waals surface area contributed by atoms with Crippen molar-refractivity contribution < 1.29 is 24.2 Å². The molecule has 1 amide bonds. The van der Waals surface area contributed by atoms with Gasteiger partial charge in [0.1, 0.15) is 17.6 Å². The van der Waals surface area contributed by atoms with Crippen molar-refractivity contribution in [3.05, 3.63) is 52.2 Å². The van der Waals surface area contributed by atoms with Crippen LogP contribution >= 0.6 is 11.6 Å². The number of ether oxygens (including phenoxy) is 2. The molecule has 2 heterocycles. The molecule has 9 nitrogen and oxygen atoms in total. The van der Waals surface area contributed by atoms with Crippen LogP contribution in [0.2, 0.25) is 5.02 Å². The van der Waals surface area contributed by atoms with Gasteiger partial charge in [0.2, 0.25) is 5.91 Å². The number of pyridine rings is 1. The summed E-state index contributed by atoms with van der Waals surface area (Å²) in [6.45, 7) is 5.80. The number of aromatic nitrogens is 1. The second-order valence-corrected chi connectivity index (χ2v) is 12.9. The predicted molar refractivity (Wildman–Crippen MR) is 167 cm³/mol. The van der Waals surface area contributed by atoms with Crippen molar-refractivity contribution in [2.24, 2.45) is 0 Å². The molecule has 0 bridgehead atoms. The fourth-order valence-corrected chi connectivity index (χ4v) is 6.29. The van der Waals surface area contributed by atoms with E-state index in [2.05, 4.69) is 34.6 Å². The minimum atomic E-state index is -1.04. The average molecular weight is 613 g/mol. The lowest BCUT2D eigenvalue weighted by atomic mass is 9.93. The molecule has 0 spiro atoms. The first-order valence-corrected chi connectivity index (χ1v) is 16.1. The topological polar surface area (TPSA) is 113 Å². The lowest BCUT2D eigenvalue weighted by molar-refractivity contribution is -0.142. The Labute approximate surface area is 259 Å². The highest BCUT2D eigenvalue weighted by Crippen LogP contribution is 2.54. The molecule has 2 aliphatic carbocycles. The van der Waals surface area contributed by atoms with Crippen LogP contribution in [-0.4, -0.2) is 78.4 Å². The van der Waals surface area contributed by atoms with E-state index < -0.39 is 17.4 Å². The lowest BCUT2D eigenvalue weighted by Crippen LogP contribution is -2.47. The quantitative estimate of drug-likeness (QED) is 0.214. The normalized spacial score (nSPS) is 18.3. The van der Waals surface area contributed by atoms with Gasteiger partial charge in [0.25, 0.3) is 0 Å². The van der Waals surface area contributed by atoms with E-state index >= 15 is 0 Å². The largest absolute Gasteiger partial charge is 0.496 e. The van der Waals surface area contributed by atoms with E-state index in [-0.39, 0.29) is 11.5 Å². The first kappa shape index (κ1) is 31.5. The van der Waals surface area contributed by atoms with Crippen LogP contribution < -0.4 is 15.4 Å². The maximum Gasteiger partial charge on any atom is 0.326 e. The Hall–Kier alpha value is -2.88. The Morgan fingerprint density at radius 2 is 1.95 bits per heavy atom. The molecule has 1 aliphatic heterocycles. The van der Waals surface area contributed by atoms with Gasteiger partial charge in [-0.25, -0.2) is 9.78 Å². The Morgan fingerprint density at radius 1 is 1.14 bits per heavy atom. The smallest absolute Gasteiger partial charge is 0.326 e. The van der Waals surface area contributed by atoms with Crippen LogP contribution in [0.25, 0.3) is 0 Å². The zero-order valence-corrected chi connectivity index (χ0v) is 26.2. The molecule has 5 rings (SSSR count). The van der Waals surface area contributed by atoms with Gasteiger partial charge in [0.05, 0.1) is 24.7 Å². The zero-order chi connectivity index (χ0) is 30.5. The first-order chi connectivity index (χ1) is 20.7. The van der Waals surface area contributed by atoms with E-state index in [1.165, 1.54) is 5.56 Å². The van der Waals surface area contributed by atoms with E-state index in [0.29, 0.717) is 48.7 Å². The molecule has 234 valence electrons. The molecule has 0 saturated heterocycles. The van der Waals surface area contributed by atoms with E-state index in [1.807, 2.05) is 0 Å². The number of hydrogen-bond donors (Lipinski definition) is 3. The number of nitrogens with zero attached hydrogens (tertiary/aromatic N) is 2.